The van der Waals surface area contributed by atoms with Crippen molar-refractivity contribution in [2.24, 2.45) is 11.8 Å². The SMILES string of the molecule is CC1=CC(=O)C2=C(C)C[C@H](O[C@@H]3O[C@H](CO)[C@@H](O)[C@H](O)[C@H]3O)[C@@H]3[C@H](OC(=O)[C@@]3(O)CO)C12. The van der Waals surface area contributed by atoms with Crippen LogP contribution in [0.2, 0.25) is 0 Å². The zero-order valence-corrected chi connectivity index (χ0v) is 17.6. The van der Waals surface area contributed by atoms with Gasteiger partial charge in [0.25, 0.3) is 0 Å². The van der Waals surface area contributed by atoms with Crippen molar-refractivity contribution in [1.29, 1.82) is 0 Å². The van der Waals surface area contributed by atoms with E-state index < -0.39 is 79.5 Å². The lowest BCUT2D eigenvalue weighted by Crippen LogP contribution is -2.61. The van der Waals surface area contributed by atoms with Crippen LogP contribution in [0, 0.1) is 11.8 Å². The monoisotopic (exact) mass is 456 g/mol. The van der Waals surface area contributed by atoms with Gasteiger partial charge in [0.15, 0.2) is 17.7 Å². The zero-order valence-electron chi connectivity index (χ0n) is 17.6. The maximum atomic E-state index is 12.6. The normalized spacial score (nSPS) is 46.5. The first kappa shape index (κ1) is 23.5. The molecule has 0 radical (unpaired) electrons. The molecule has 2 aliphatic carbocycles. The Bertz CT molecular complexity index is 864. The van der Waals surface area contributed by atoms with Gasteiger partial charge >= 0.3 is 5.97 Å². The Hall–Kier alpha value is -1.70. The summed E-state index contributed by atoms with van der Waals surface area (Å²) >= 11 is 0. The summed E-state index contributed by atoms with van der Waals surface area (Å²) in [6.07, 6.45) is -8.34. The third kappa shape index (κ3) is 3.35. The number of hydrogen-bond acceptors (Lipinski definition) is 11. The lowest BCUT2D eigenvalue weighted by molar-refractivity contribution is -0.318. The molecule has 4 aliphatic rings. The number of fused-ring (bicyclic) bond motifs is 3. The number of carbonyl (C=O) groups excluding carboxylic acids is 2. The van der Waals surface area contributed by atoms with Crippen LogP contribution in [0.15, 0.2) is 22.8 Å². The van der Waals surface area contributed by atoms with E-state index in [4.69, 9.17) is 14.2 Å². The Morgan fingerprint density at radius 3 is 2.44 bits per heavy atom. The number of carbonyl (C=O) groups is 2. The second-order valence-corrected chi connectivity index (χ2v) is 8.98. The number of esters is 1. The van der Waals surface area contributed by atoms with E-state index in [1.54, 1.807) is 13.8 Å². The Labute approximate surface area is 183 Å². The van der Waals surface area contributed by atoms with E-state index in [0.29, 0.717) is 16.7 Å². The topological polar surface area (TPSA) is 183 Å². The van der Waals surface area contributed by atoms with E-state index in [1.165, 1.54) is 6.08 Å². The van der Waals surface area contributed by atoms with Gasteiger partial charge in [0.1, 0.15) is 30.5 Å². The highest BCUT2D eigenvalue weighted by Gasteiger charge is 2.64. The summed E-state index contributed by atoms with van der Waals surface area (Å²) in [7, 11) is 0. The summed E-state index contributed by atoms with van der Waals surface area (Å²) in [5.41, 5.74) is -0.644. The van der Waals surface area contributed by atoms with E-state index in [0.717, 1.165) is 0 Å². The van der Waals surface area contributed by atoms with Crippen molar-refractivity contribution in [2.45, 2.75) is 68.8 Å². The van der Waals surface area contributed by atoms with Gasteiger partial charge in [-0.2, -0.15) is 0 Å². The van der Waals surface area contributed by atoms with Gasteiger partial charge in [0.05, 0.1) is 25.2 Å². The summed E-state index contributed by atoms with van der Waals surface area (Å²) < 4.78 is 16.8. The summed E-state index contributed by atoms with van der Waals surface area (Å²) in [4.78, 5) is 25.2. The molecule has 178 valence electrons. The van der Waals surface area contributed by atoms with Crippen molar-refractivity contribution in [3.63, 3.8) is 0 Å². The number of aliphatic hydroxyl groups excluding tert-OH is 5. The number of rotatable bonds is 4. The molecule has 32 heavy (non-hydrogen) atoms. The van der Waals surface area contributed by atoms with Crippen molar-refractivity contribution in [3.8, 4) is 0 Å². The fraction of sp³-hybridized carbons (Fsp3) is 0.714. The van der Waals surface area contributed by atoms with Crippen LogP contribution in [-0.4, -0.2) is 104 Å². The molecule has 4 rings (SSSR count). The molecule has 1 unspecified atom stereocenters. The second kappa shape index (κ2) is 8.26. The Kier molecular flexibility index (Phi) is 6.06. The lowest BCUT2D eigenvalue weighted by Gasteiger charge is -2.42. The van der Waals surface area contributed by atoms with Crippen molar-refractivity contribution in [2.75, 3.05) is 13.2 Å². The highest BCUT2D eigenvalue weighted by molar-refractivity contribution is 6.09. The summed E-state index contributed by atoms with van der Waals surface area (Å²) in [6, 6.07) is 0. The van der Waals surface area contributed by atoms with Gasteiger partial charge in [-0.1, -0.05) is 11.1 Å². The fourth-order valence-corrected chi connectivity index (χ4v) is 5.35. The predicted octanol–water partition coefficient (Wildman–Crippen LogP) is -2.70. The van der Waals surface area contributed by atoms with Gasteiger partial charge in [-0.3, -0.25) is 4.79 Å². The number of aliphatic hydroxyl groups is 6. The van der Waals surface area contributed by atoms with Gasteiger partial charge in [0, 0.05) is 11.5 Å². The smallest absolute Gasteiger partial charge is 0.341 e. The molecule has 0 amide bonds. The molecule has 0 bridgehead atoms. The van der Waals surface area contributed by atoms with Gasteiger partial charge in [0.2, 0.25) is 0 Å². The molecule has 2 heterocycles. The average Bonchev–Trinajstić information content (AvgIpc) is 3.14. The van der Waals surface area contributed by atoms with Gasteiger partial charge in [-0.15, -0.1) is 0 Å². The molecule has 11 nitrogen and oxygen atoms in total. The highest BCUT2D eigenvalue weighted by Crippen LogP contribution is 2.50. The standard InChI is InChI=1S/C21H28O11/c1-7-3-9(24)12-8(2)4-10(14-18(13(7)12)32-20(28)21(14,29)6-23)30-19-17(27)16(26)15(25)11(5-22)31-19/h3,10-11,13-19,22-23,25-27,29H,4-6H2,1-2H3/t10-,11+,13?,14+,15+,16-,17+,18+,19+,21+/m0/s1. The average molecular weight is 456 g/mol. The molecule has 0 aromatic carbocycles. The zero-order chi connectivity index (χ0) is 23.5. The van der Waals surface area contributed by atoms with Gasteiger partial charge in [-0.25, -0.2) is 4.79 Å². The van der Waals surface area contributed by atoms with E-state index in [1.807, 2.05) is 0 Å². The summed E-state index contributed by atoms with van der Waals surface area (Å²) in [5.74, 6) is -3.06. The van der Waals surface area contributed by atoms with E-state index in [9.17, 15) is 40.2 Å². The molecule has 0 aromatic heterocycles. The first-order valence-electron chi connectivity index (χ1n) is 10.5. The van der Waals surface area contributed by atoms with Crippen LogP contribution in [0.4, 0.5) is 0 Å². The Morgan fingerprint density at radius 1 is 1.12 bits per heavy atom. The van der Waals surface area contributed by atoms with Crippen LogP contribution in [0.3, 0.4) is 0 Å². The maximum absolute atomic E-state index is 12.6. The first-order valence-corrected chi connectivity index (χ1v) is 10.5. The minimum atomic E-state index is -2.33. The van der Waals surface area contributed by atoms with Gasteiger partial charge < -0.3 is 44.8 Å². The molecular weight excluding hydrogens is 428 g/mol. The molecular formula is C21H28O11. The van der Waals surface area contributed by atoms with Crippen molar-refractivity contribution in [1.82, 2.24) is 0 Å². The largest absolute Gasteiger partial charge is 0.459 e. The van der Waals surface area contributed by atoms with Crippen LogP contribution >= 0.6 is 0 Å². The third-order valence-electron chi connectivity index (χ3n) is 7.02. The molecule has 6 N–H and O–H groups in total. The number of ketones is 1. The lowest BCUT2D eigenvalue weighted by atomic mass is 9.76. The minimum Gasteiger partial charge on any atom is -0.459 e. The van der Waals surface area contributed by atoms with E-state index in [-0.39, 0.29) is 12.2 Å². The molecule has 2 aliphatic heterocycles. The van der Waals surface area contributed by atoms with Crippen LogP contribution in [-0.2, 0) is 23.8 Å². The van der Waals surface area contributed by atoms with Crippen LogP contribution < -0.4 is 0 Å². The molecule has 2 fully saturated rings. The molecule has 0 aromatic rings. The van der Waals surface area contributed by atoms with Crippen molar-refractivity contribution < 1.29 is 54.4 Å². The predicted molar refractivity (Wildman–Crippen MR) is 104 cm³/mol. The molecule has 11 heteroatoms. The summed E-state index contributed by atoms with van der Waals surface area (Å²) in [5, 5.41) is 60.8. The second-order valence-electron chi connectivity index (χ2n) is 8.98. The van der Waals surface area contributed by atoms with Crippen LogP contribution in [0.1, 0.15) is 20.3 Å². The van der Waals surface area contributed by atoms with Crippen molar-refractivity contribution >= 4 is 11.8 Å². The van der Waals surface area contributed by atoms with Crippen LogP contribution in [0.5, 0.6) is 0 Å². The number of hydrogen-bond donors (Lipinski definition) is 6. The van der Waals surface area contributed by atoms with Gasteiger partial charge in [-0.05, 0) is 26.3 Å². The molecule has 0 saturated carbocycles. The quantitative estimate of drug-likeness (QED) is 0.242. The third-order valence-corrected chi connectivity index (χ3v) is 7.02. The first-order chi connectivity index (χ1) is 15.0. The number of allylic oxidation sites excluding steroid dienone is 1. The maximum Gasteiger partial charge on any atom is 0.341 e. The van der Waals surface area contributed by atoms with Crippen molar-refractivity contribution in [3.05, 3.63) is 22.8 Å². The fourth-order valence-electron chi connectivity index (χ4n) is 5.35. The number of ether oxygens (including phenoxy) is 3. The summed E-state index contributed by atoms with van der Waals surface area (Å²) in [6.45, 7) is 1.80. The highest BCUT2D eigenvalue weighted by atomic mass is 16.7. The van der Waals surface area contributed by atoms with E-state index in [2.05, 4.69) is 0 Å². The Balaban J connectivity index is 1.73. The Morgan fingerprint density at radius 2 is 1.81 bits per heavy atom. The molecule has 10 atom stereocenters. The van der Waals surface area contributed by atoms with Crippen LogP contribution in [0.25, 0.3) is 0 Å². The van der Waals surface area contributed by atoms with E-state index >= 15 is 0 Å². The minimum absolute atomic E-state index is 0.0355. The molecule has 0 spiro atoms. The molecule has 2 saturated heterocycles.